The van der Waals surface area contributed by atoms with Crippen molar-refractivity contribution in [3.05, 3.63) is 69.2 Å². The van der Waals surface area contributed by atoms with E-state index in [0.717, 1.165) is 22.8 Å². The molecule has 1 heterocycles. The lowest BCUT2D eigenvalue weighted by molar-refractivity contribution is -0.116. The Bertz CT molecular complexity index is 1000. The molecule has 122 valence electrons. The molecule has 0 saturated heterocycles. The topological polar surface area (TPSA) is 64.0 Å². The fourth-order valence-corrected chi connectivity index (χ4v) is 2.54. The summed E-state index contributed by atoms with van der Waals surface area (Å²) in [6.07, 6.45) is 1.24. The minimum absolute atomic E-state index is 0.287. The Labute approximate surface area is 143 Å². The third-order valence-electron chi connectivity index (χ3n) is 3.30. The number of anilines is 1. The van der Waals surface area contributed by atoms with Gasteiger partial charge in [-0.15, -0.1) is 0 Å². The van der Waals surface area contributed by atoms with Crippen LogP contribution in [-0.2, 0) is 11.3 Å². The number of aromatic nitrogens is 2. The van der Waals surface area contributed by atoms with Crippen LogP contribution in [0.25, 0.3) is 10.9 Å². The van der Waals surface area contributed by atoms with Gasteiger partial charge in [-0.25, -0.2) is 13.8 Å². The van der Waals surface area contributed by atoms with Gasteiger partial charge < -0.3 is 5.32 Å². The number of rotatable bonds is 3. The standard InChI is InChI=1S/C16H10BrF2N3O2/c17-9-1-4-13-11(5-9)16(24)22(8-20-13)7-15(23)21-14-6-10(18)2-3-12(14)19/h1-6,8H,7H2,(H,21,23). The highest BCUT2D eigenvalue weighted by Gasteiger charge is 2.11. The van der Waals surface area contributed by atoms with Gasteiger partial charge in [0.25, 0.3) is 5.56 Å². The molecule has 24 heavy (non-hydrogen) atoms. The number of benzene rings is 2. The highest BCUT2D eigenvalue weighted by Crippen LogP contribution is 2.16. The van der Waals surface area contributed by atoms with Crippen LogP contribution in [0, 0.1) is 11.6 Å². The van der Waals surface area contributed by atoms with Crippen LogP contribution in [0.1, 0.15) is 0 Å². The van der Waals surface area contributed by atoms with Gasteiger partial charge in [0.05, 0.1) is 22.9 Å². The summed E-state index contributed by atoms with van der Waals surface area (Å²) in [5.74, 6) is -2.11. The van der Waals surface area contributed by atoms with E-state index in [2.05, 4.69) is 26.2 Å². The third kappa shape index (κ3) is 3.33. The maximum atomic E-state index is 13.5. The van der Waals surface area contributed by atoms with E-state index >= 15 is 0 Å². The normalized spacial score (nSPS) is 10.8. The highest BCUT2D eigenvalue weighted by atomic mass is 79.9. The molecule has 0 atom stereocenters. The largest absolute Gasteiger partial charge is 0.322 e. The zero-order valence-corrected chi connectivity index (χ0v) is 13.7. The van der Waals surface area contributed by atoms with Crippen LogP contribution in [0.3, 0.4) is 0 Å². The molecule has 0 aliphatic carbocycles. The number of amides is 1. The quantitative estimate of drug-likeness (QED) is 0.743. The molecule has 1 aromatic heterocycles. The summed E-state index contributed by atoms with van der Waals surface area (Å²) in [4.78, 5) is 28.5. The molecule has 0 radical (unpaired) electrons. The van der Waals surface area contributed by atoms with Gasteiger partial charge in [-0.1, -0.05) is 15.9 Å². The predicted molar refractivity (Wildman–Crippen MR) is 88.7 cm³/mol. The number of hydrogen-bond donors (Lipinski definition) is 1. The molecule has 0 fully saturated rings. The van der Waals surface area contributed by atoms with E-state index in [1.807, 2.05) is 0 Å². The highest BCUT2D eigenvalue weighted by molar-refractivity contribution is 9.10. The summed E-state index contributed by atoms with van der Waals surface area (Å²) in [5, 5.41) is 2.58. The van der Waals surface area contributed by atoms with Crippen molar-refractivity contribution < 1.29 is 13.6 Å². The van der Waals surface area contributed by atoms with Crippen molar-refractivity contribution in [3.63, 3.8) is 0 Å². The number of carbonyl (C=O) groups is 1. The second kappa shape index (κ2) is 6.48. The van der Waals surface area contributed by atoms with Gasteiger partial charge in [0.15, 0.2) is 0 Å². The summed E-state index contributed by atoms with van der Waals surface area (Å²) >= 11 is 3.27. The number of fused-ring (bicyclic) bond motifs is 1. The molecule has 1 N–H and O–H groups in total. The lowest BCUT2D eigenvalue weighted by Gasteiger charge is -2.09. The molecule has 3 aromatic rings. The Morgan fingerprint density at radius 3 is 2.79 bits per heavy atom. The zero-order chi connectivity index (χ0) is 17.3. The Morgan fingerprint density at radius 1 is 1.21 bits per heavy atom. The molecule has 0 saturated carbocycles. The van der Waals surface area contributed by atoms with Crippen LogP contribution in [-0.4, -0.2) is 15.5 Å². The molecule has 0 aliphatic heterocycles. The van der Waals surface area contributed by atoms with E-state index < -0.39 is 23.1 Å². The van der Waals surface area contributed by atoms with Crippen molar-refractivity contribution in [1.29, 1.82) is 0 Å². The maximum absolute atomic E-state index is 13.5. The lowest BCUT2D eigenvalue weighted by atomic mass is 10.2. The average Bonchev–Trinajstić information content (AvgIpc) is 2.54. The van der Waals surface area contributed by atoms with Crippen LogP contribution in [0.2, 0.25) is 0 Å². The van der Waals surface area contributed by atoms with E-state index in [4.69, 9.17) is 0 Å². The Hall–Kier alpha value is -2.61. The van der Waals surface area contributed by atoms with Gasteiger partial charge in [0.1, 0.15) is 18.2 Å². The van der Waals surface area contributed by atoms with Crippen molar-refractivity contribution in [1.82, 2.24) is 9.55 Å². The minimum atomic E-state index is -0.766. The second-order valence-electron chi connectivity index (χ2n) is 5.01. The number of hydrogen-bond acceptors (Lipinski definition) is 3. The summed E-state index contributed by atoms with van der Waals surface area (Å²) in [5.41, 5.74) is -0.197. The first-order valence-electron chi connectivity index (χ1n) is 6.83. The van der Waals surface area contributed by atoms with Crippen molar-refractivity contribution >= 4 is 38.4 Å². The van der Waals surface area contributed by atoms with Crippen LogP contribution in [0.4, 0.5) is 14.5 Å². The number of nitrogens with zero attached hydrogens (tertiary/aromatic N) is 2. The van der Waals surface area contributed by atoms with Crippen LogP contribution >= 0.6 is 15.9 Å². The Kier molecular flexibility index (Phi) is 4.39. The molecule has 0 spiro atoms. The van der Waals surface area contributed by atoms with E-state index in [9.17, 15) is 18.4 Å². The molecule has 5 nitrogen and oxygen atoms in total. The smallest absolute Gasteiger partial charge is 0.261 e. The van der Waals surface area contributed by atoms with E-state index in [-0.39, 0.29) is 12.2 Å². The van der Waals surface area contributed by atoms with Gasteiger partial charge in [-0.3, -0.25) is 14.2 Å². The summed E-state index contributed by atoms with van der Waals surface area (Å²) in [6, 6.07) is 7.75. The predicted octanol–water partition coefficient (Wildman–Crippen LogP) is 3.08. The SMILES string of the molecule is O=C(Cn1cnc2ccc(Br)cc2c1=O)Nc1cc(F)ccc1F. The van der Waals surface area contributed by atoms with Crippen LogP contribution < -0.4 is 10.9 Å². The zero-order valence-electron chi connectivity index (χ0n) is 12.1. The van der Waals surface area contributed by atoms with Gasteiger partial charge in [-0.2, -0.15) is 0 Å². The minimum Gasteiger partial charge on any atom is -0.322 e. The number of halogens is 3. The van der Waals surface area contributed by atoms with Crippen LogP contribution in [0.15, 0.2) is 52.0 Å². The van der Waals surface area contributed by atoms with Gasteiger partial charge >= 0.3 is 0 Å². The van der Waals surface area contributed by atoms with Crippen molar-refractivity contribution in [2.24, 2.45) is 0 Å². The van der Waals surface area contributed by atoms with Crippen molar-refractivity contribution in [2.45, 2.75) is 6.54 Å². The fourth-order valence-electron chi connectivity index (χ4n) is 2.18. The molecule has 0 aliphatic rings. The van der Waals surface area contributed by atoms with Crippen molar-refractivity contribution in [2.75, 3.05) is 5.32 Å². The van der Waals surface area contributed by atoms with Crippen molar-refractivity contribution in [3.8, 4) is 0 Å². The number of nitrogens with one attached hydrogen (secondary N) is 1. The molecule has 1 amide bonds. The molecular weight excluding hydrogens is 384 g/mol. The fraction of sp³-hybridized carbons (Fsp3) is 0.0625. The Balaban J connectivity index is 1.87. The van der Waals surface area contributed by atoms with Gasteiger partial charge in [0, 0.05) is 10.5 Å². The molecule has 0 unspecified atom stereocenters. The van der Waals surface area contributed by atoms with E-state index in [1.54, 1.807) is 18.2 Å². The average molecular weight is 394 g/mol. The third-order valence-corrected chi connectivity index (χ3v) is 3.80. The first-order valence-corrected chi connectivity index (χ1v) is 7.63. The first-order chi connectivity index (χ1) is 11.4. The molecule has 8 heteroatoms. The molecule has 0 bridgehead atoms. The maximum Gasteiger partial charge on any atom is 0.261 e. The summed E-state index contributed by atoms with van der Waals surface area (Å²) < 4.78 is 28.5. The second-order valence-corrected chi connectivity index (χ2v) is 5.93. The lowest BCUT2D eigenvalue weighted by Crippen LogP contribution is -2.28. The first kappa shape index (κ1) is 16.3. The van der Waals surface area contributed by atoms with Crippen LogP contribution in [0.5, 0.6) is 0 Å². The van der Waals surface area contributed by atoms with Gasteiger partial charge in [-0.05, 0) is 30.3 Å². The summed E-state index contributed by atoms with van der Waals surface area (Å²) in [7, 11) is 0. The molecule has 3 rings (SSSR count). The Morgan fingerprint density at radius 2 is 2.00 bits per heavy atom. The molecular formula is C16H10BrF2N3O2. The van der Waals surface area contributed by atoms with Gasteiger partial charge in [0.2, 0.25) is 5.91 Å². The number of carbonyl (C=O) groups excluding carboxylic acids is 1. The summed E-state index contributed by atoms with van der Waals surface area (Å²) in [6.45, 7) is -0.371. The van der Waals surface area contributed by atoms with E-state index in [0.29, 0.717) is 15.4 Å². The van der Waals surface area contributed by atoms with E-state index in [1.165, 1.54) is 6.33 Å². The monoisotopic (exact) mass is 393 g/mol. The molecule has 2 aromatic carbocycles.